The third-order valence-corrected chi connectivity index (χ3v) is 3.94. The standard InChI is InChI=1S/C18H15Cl2NO4/c1-11(22)24-15(9-19)8-16-12(10-21)2-7-17(18(16)23)25-14-5-3-13(20)4-6-14/h2-7,15,23H,8-9H2,1H3. The van der Waals surface area contributed by atoms with Gasteiger partial charge in [0.1, 0.15) is 11.9 Å². The number of phenolic OH excluding ortho intramolecular Hbond substituents is 1. The molecule has 7 heteroatoms. The van der Waals surface area contributed by atoms with Gasteiger partial charge in [0.15, 0.2) is 11.5 Å². The lowest BCUT2D eigenvalue weighted by Gasteiger charge is -2.17. The maximum Gasteiger partial charge on any atom is 0.302 e. The average Bonchev–Trinajstić information content (AvgIpc) is 2.59. The van der Waals surface area contributed by atoms with E-state index in [0.29, 0.717) is 16.3 Å². The van der Waals surface area contributed by atoms with Crippen LogP contribution in [0, 0.1) is 11.3 Å². The van der Waals surface area contributed by atoms with E-state index in [1.165, 1.54) is 19.1 Å². The zero-order valence-corrected chi connectivity index (χ0v) is 14.8. The second-order valence-electron chi connectivity index (χ2n) is 5.20. The first-order chi connectivity index (χ1) is 11.9. The van der Waals surface area contributed by atoms with E-state index in [1.807, 2.05) is 6.07 Å². The van der Waals surface area contributed by atoms with Gasteiger partial charge in [0.25, 0.3) is 0 Å². The molecule has 1 N–H and O–H groups in total. The third kappa shape index (κ3) is 5.02. The number of halogens is 2. The molecule has 0 radical (unpaired) electrons. The van der Waals surface area contributed by atoms with Crippen LogP contribution in [-0.4, -0.2) is 23.1 Å². The molecule has 0 saturated carbocycles. The monoisotopic (exact) mass is 379 g/mol. The third-order valence-electron chi connectivity index (χ3n) is 3.34. The van der Waals surface area contributed by atoms with Crippen molar-refractivity contribution in [3.8, 4) is 23.3 Å². The van der Waals surface area contributed by atoms with Crippen LogP contribution in [0.15, 0.2) is 36.4 Å². The fourth-order valence-corrected chi connectivity index (χ4v) is 2.53. The Morgan fingerprint density at radius 2 is 1.96 bits per heavy atom. The summed E-state index contributed by atoms with van der Waals surface area (Å²) in [6.07, 6.45) is -0.571. The number of benzene rings is 2. The Bertz CT molecular complexity index is 800. The number of nitrogens with zero attached hydrogens (tertiary/aromatic N) is 1. The topological polar surface area (TPSA) is 79.6 Å². The van der Waals surface area contributed by atoms with Gasteiger partial charge in [-0.15, -0.1) is 11.6 Å². The van der Waals surface area contributed by atoms with Gasteiger partial charge in [0.2, 0.25) is 0 Å². The molecule has 25 heavy (non-hydrogen) atoms. The zero-order valence-electron chi connectivity index (χ0n) is 13.3. The first-order valence-corrected chi connectivity index (χ1v) is 8.27. The number of carbonyl (C=O) groups is 1. The molecule has 0 heterocycles. The van der Waals surface area contributed by atoms with Crippen molar-refractivity contribution < 1.29 is 19.4 Å². The van der Waals surface area contributed by atoms with Crippen molar-refractivity contribution >= 4 is 29.2 Å². The number of hydrogen-bond acceptors (Lipinski definition) is 5. The molecule has 0 aliphatic carbocycles. The summed E-state index contributed by atoms with van der Waals surface area (Å²) in [5, 5.41) is 20.3. The minimum Gasteiger partial charge on any atom is -0.504 e. The van der Waals surface area contributed by atoms with Crippen LogP contribution in [0.3, 0.4) is 0 Å². The minimum absolute atomic E-state index is 0.0339. The SMILES string of the molecule is CC(=O)OC(CCl)Cc1c(C#N)ccc(Oc2ccc(Cl)cc2)c1O. The van der Waals surface area contributed by atoms with Crippen LogP contribution < -0.4 is 4.74 Å². The maximum absolute atomic E-state index is 11.1. The molecular formula is C18H15Cl2NO4. The number of alkyl halides is 1. The molecular weight excluding hydrogens is 365 g/mol. The molecule has 0 saturated heterocycles. The number of nitriles is 1. The molecule has 2 aromatic rings. The molecule has 0 aliphatic heterocycles. The summed E-state index contributed by atoms with van der Waals surface area (Å²) in [4.78, 5) is 11.1. The fourth-order valence-electron chi connectivity index (χ4n) is 2.23. The molecule has 0 fully saturated rings. The number of phenols is 1. The summed E-state index contributed by atoms with van der Waals surface area (Å²) in [6.45, 7) is 1.27. The highest BCUT2D eigenvalue weighted by atomic mass is 35.5. The molecule has 0 aromatic heterocycles. The first-order valence-electron chi connectivity index (χ1n) is 7.36. The van der Waals surface area contributed by atoms with Crippen LogP contribution in [0.5, 0.6) is 17.2 Å². The Kier molecular flexibility index (Phi) is 6.51. The Morgan fingerprint density at radius 1 is 1.28 bits per heavy atom. The van der Waals surface area contributed by atoms with Crippen LogP contribution in [0.2, 0.25) is 5.02 Å². The summed E-state index contributed by atoms with van der Waals surface area (Å²) in [5.41, 5.74) is 0.559. The smallest absolute Gasteiger partial charge is 0.302 e. The largest absolute Gasteiger partial charge is 0.504 e. The van der Waals surface area contributed by atoms with Gasteiger partial charge >= 0.3 is 5.97 Å². The first kappa shape index (κ1) is 18.9. The van der Waals surface area contributed by atoms with Crippen molar-refractivity contribution in [3.63, 3.8) is 0 Å². The van der Waals surface area contributed by atoms with Crippen molar-refractivity contribution in [2.75, 3.05) is 5.88 Å². The summed E-state index contributed by atoms with van der Waals surface area (Å²) in [5.74, 6) is -0.00297. The van der Waals surface area contributed by atoms with Gasteiger partial charge in [0, 0.05) is 23.9 Å². The van der Waals surface area contributed by atoms with Gasteiger partial charge in [-0.3, -0.25) is 4.79 Å². The van der Waals surface area contributed by atoms with E-state index in [1.54, 1.807) is 24.3 Å². The molecule has 1 unspecified atom stereocenters. The fraction of sp³-hybridized carbons (Fsp3) is 0.222. The van der Waals surface area contributed by atoms with Gasteiger partial charge < -0.3 is 14.6 Å². The maximum atomic E-state index is 11.1. The van der Waals surface area contributed by atoms with Crippen molar-refractivity contribution in [3.05, 3.63) is 52.5 Å². The normalized spacial score (nSPS) is 11.4. The van der Waals surface area contributed by atoms with Crippen LogP contribution >= 0.6 is 23.2 Å². The van der Waals surface area contributed by atoms with Crippen molar-refractivity contribution in [1.29, 1.82) is 5.26 Å². The predicted octanol–water partition coefficient (Wildman–Crippen LogP) is 4.42. The van der Waals surface area contributed by atoms with Crippen LogP contribution in [0.25, 0.3) is 0 Å². The Hall–Kier alpha value is -2.42. The van der Waals surface area contributed by atoms with E-state index in [0.717, 1.165) is 0 Å². The summed E-state index contributed by atoms with van der Waals surface area (Å²) in [6, 6.07) is 11.6. The average molecular weight is 380 g/mol. The van der Waals surface area contributed by atoms with E-state index in [9.17, 15) is 15.2 Å². The van der Waals surface area contributed by atoms with Crippen molar-refractivity contribution in [2.45, 2.75) is 19.4 Å². The molecule has 2 rings (SSSR count). The van der Waals surface area contributed by atoms with Gasteiger partial charge in [-0.25, -0.2) is 0 Å². The van der Waals surface area contributed by atoms with E-state index in [4.69, 9.17) is 32.7 Å². The van der Waals surface area contributed by atoms with Crippen molar-refractivity contribution in [2.24, 2.45) is 0 Å². The zero-order chi connectivity index (χ0) is 18.4. The molecule has 1 atom stereocenters. The number of hydrogen-bond donors (Lipinski definition) is 1. The lowest BCUT2D eigenvalue weighted by Crippen LogP contribution is -2.21. The molecule has 0 amide bonds. The van der Waals surface area contributed by atoms with Gasteiger partial charge in [-0.1, -0.05) is 11.6 Å². The molecule has 0 bridgehead atoms. The highest BCUT2D eigenvalue weighted by molar-refractivity contribution is 6.30. The number of esters is 1. The van der Waals surface area contributed by atoms with Gasteiger partial charge in [-0.05, 0) is 36.4 Å². The molecule has 5 nitrogen and oxygen atoms in total. The van der Waals surface area contributed by atoms with Crippen LogP contribution in [-0.2, 0) is 16.0 Å². The second-order valence-corrected chi connectivity index (χ2v) is 5.94. The Labute approximate surface area is 155 Å². The minimum atomic E-state index is -0.664. The summed E-state index contributed by atoms with van der Waals surface area (Å²) in [7, 11) is 0. The van der Waals surface area contributed by atoms with Crippen LogP contribution in [0.4, 0.5) is 0 Å². The lowest BCUT2D eigenvalue weighted by molar-refractivity contribution is -0.145. The quantitative estimate of drug-likeness (QED) is 0.593. The number of rotatable bonds is 6. The van der Waals surface area contributed by atoms with Gasteiger partial charge in [-0.2, -0.15) is 5.26 Å². The Balaban J connectivity index is 2.33. The van der Waals surface area contributed by atoms with Gasteiger partial charge in [0.05, 0.1) is 17.5 Å². The lowest BCUT2D eigenvalue weighted by atomic mass is 10.0. The van der Waals surface area contributed by atoms with Crippen molar-refractivity contribution in [1.82, 2.24) is 0 Å². The van der Waals surface area contributed by atoms with E-state index < -0.39 is 12.1 Å². The van der Waals surface area contributed by atoms with Crippen LogP contribution in [0.1, 0.15) is 18.1 Å². The number of carbonyl (C=O) groups excluding carboxylic acids is 1. The summed E-state index contributed by atoms with van der Waals surface area (Å²) >= 11 is 11.6. The van der Waals surface area contributed by atoms with E-state index in [2.05, 4.69) is 0 Å². The number of aromatic hydroxyl groups is 1. The predicted molar refractivity (Wildman–Crippen MR) is 94.3 cm³/mol. The molecule has 2 aromatic carbocycles. The summed E-state index contributed by atoms with van der Waals surface area (Å²) < 4.78 is 10.7. The molecule has 130 valence electrons. The highest BCUT2D eigenvalue weighted by Crippen LogP contribution is 2.36. The Morgan fingerprint density at radius 3 is 2.52 bits per heavy atom. The molecule has 0 spiro atoms. The second kappa shape index (κ2) is 8.61. The highest BCUT2D eigenvalue weighted by Gasteiger charge is 2.20. The van der Waals surface area contributed by atoms with E-state index >= 15 is 0 Å². The van der Waals surface area contributed by atoms with E-state index in [-0.39, 0.29) is 29.4 Å². The number of ether oxygens (including phenoxy) is 2. The molecule has 0 aliphatic rings.